The van der Waals surface area contributed by atoms with Gasteiger partial charge in [0, 0.05) is 21.8 Å². The molecule has 0 unspecified atom stereocenters. The van der Waals surface area contributed by atoms with E-state index in [4.69, 9.17) is 5.11 Å². The van der Waals surface area contributed by atoms with Gasteiger partial charge in [-0.15, -0.1) is 0 Å². The van der Waals surface area contributed by atoms with E-state index >= 15 is 0 Å². The molecule has 0 spiro atoms. The van der Waals surface area contributed by atoms with Crippen LogP contribution >= 0.6 is 15.9 Å². The SMILES string of the molecule is Cc1cc(NCC(F)(F)CO)c(Br)cc1[N+](=O)[O-]. The Morgan fingerprint density at radius 2 is 2.17 bits per heavy atom. The highest BCUT2D eigenvalue weighted by atomic mass is 79.9. The maximum Gasteiger partial charge on any atom is 0.287 e. The lowest BCUT2D eigenvalue weighted by atomic mass is 10.2. The molecule has 2 N–H and O–H groups in total. The van der Waals surface area contributed by atoms with E-state index in [9.17, 15) is 18.9 Å². The van der Waals surface area contributed by atoms with Crippen LogP contribution in [0.15, 0.2) is 16.6 Å². The van der Waals surface area contributed by atoms with E-state index in [-0.39, 0.29) is 5.69 Å². The molecule has 0 radical (unpaired) electrons. The number of aliphatic hydroxyl groups is 1. The largest absolute Gasteiger partial charge is 0.390 e. The summed E-state index contributed by atoms with van der Waals surface area (Å²) in [5.74, 6) is -3.24. The van der Waals surface area contributed by atoms with Crippen molar-refractivity contribution in [3.8, 4) is 0 Å². The third-order valence-electron chi connectivity index (χ3n) is 2.25. The average Bonchev–Trinajstić information content (AvgIpc) is 2.29. The van der Waals surface area contributed by atoms with Gasteiger partial charge in [0.05, 0.1) is 11.5 Å². The summed E-state index contributed by atoms with van der Waals surface area (Å²) < 4.78 is 26.0. The number of benzene rings is 1. The zero-order valence-corrected chi connectivity index (χ0v) is 11.0. The Labute approximate surface area is 110 Å². The van der Waals surface area contributed by atoms with Crippen molar-refractivity contribution in [2.75, 3.05) is 18.5 Å². The van der Waals surface area contributed by atoms with Crippen LogP contribution in [0.3, 0.4) is 0 Å². The molecular formula is C10H11BrF2N2O3. The number of aryl methyl sites for hydroxylation is 1. The van der Waals surface area contributed by atoms with Crippen molar-refractivity contribution in [3.05, 3.63) is 32.3 Å². The van der Waals surface area contributed by atoms with Gasteiger partial charge in [0.1, 0.15) is 6.61 Å². The lowest BCUT2D eigenvalue weighted by molar-refractivity contribution is -0.385. The Morgan fingerprint density at radius 1 is 1.56 bits per heavy atom. The first kappa shape index (κ1) is 14.8. The standard InChI is InChI=1S/C10H11BrF2N2O3/c1-6-2-8(14-4-10(12,13)5-16)7(11)3-9(6)15(17)18/h2-3,14,16H,4-5H2,1H3. The number of nitrogens with zero attached hydrogens (tertiary/aromatic N) is 1. The molecule has 0 bridgehead atoms. The van der Waals surface area contributed by atoms with Crippen LogP contribution in [0.2, 0.25) is 0 Å². The van der Waals surface area contributed by atoms with Crippen molar-refractivity contribution in [1.29, 1.82) is 0 Å². The molecule has 5 nitrogen and oxygen atoms in total. The van der Waals surface area contributed by atoms with Gasteiger partial charge in [0.25, 0.3) is 11.6 Å². The van der Waals surface area contributed by atoms with Crippen LogP contribution in [-0.2, 0) is 0 Å². The minimum absolute atomic E-state index is 0.0960. The van der Waals surface area contributed by atoms with Crippen LogP contribution in [0.4, 0.5) is 20.2 Å². The van der Waals surface area contributed by atoms with Crippen LogP contribution in [0.1, 0.15) is 5.56 Å². The summed E-state index contributed by atoms with van der Waals surface area (Å²) >= 11 is 3.06. The smallest absolute Gasteiger partial charge is 0.287 e. The second-order valence-electron chi connectivity index (χ2n) is 3.74. The first-order valence-electron chi connectivity index (χ1n) is 4.94. The zero-order chi connectivity index (χ0) is 13.9. The highest BCUT2D eigenvalue weighted by molar-refractivity contribution is 9.10. The maximum atomic E-state index is 12.8. The van der Waals surface area contributed by atoms with E-state index in [1.54, 1.807) is 0 Å². The number of nitro benzene ring substituents is 1. The van der Waals surface area contributed by atoms with Gasteiger partial charge in [0.15, 0.2) is 0 Å². The Bertz CT molecular complexity index is 469. The lowest BCUT2D eigenvalue weighted by Crippen LogP contribution is -2.31. The topological polar surface area (TPSA) is 75.4 Å². The van der Waals surface area contributed by atoms with E-state index in [1.807, 2.05) is 0 Å². The van der Waals surface area contributed by atoms with Crippen LogP contribution in [0.5, 0.6) is 0 Å². The summed E-state index contributed by atoms with van der Waals surface area (Å²) in [5.41, 5.74) is 0.575. The molecule has 1 aromatic carbocycles. The van der Waals surface area contributed by atoms with Crippen LogP contribution in [0, 0.1) is 17.0 Å². The number of hydrogen-bond donors (Lipinski definition) is 2. The molecule has 0 atom stereocenters. The molecule has 0 amide bonds. The Hall–Kier alpha value is -1.28. The minimum atomic E-state index is -3.24. The molecule has 8 heteroatoms. The fraction of sp³-hybridized carbons (Fsp3) is 0.400. The number of hydrogen-bond acceptors (Lipinski definition) is 4. The zero-order valence-electron chi connectivity index (χ0n) is 9.41. The van der Waals surface area contributed by atoms with Crippen molar-refractivity contribution < 1.29 is 18.8 Å². The number of anilines is 1. The first-order chi connectivity index (χ1) is 8.26. The van der Waals surface area contributed by atoms with Gasteiger partial charge in [-0.05, 0) is 28.9 Å². The highest BCUT2D eigenvalue weighted by Crippen LogP contribution is 2.31. The maximum absolute atomic E-state index is 12.8. The van der Waals surface area contributed by atoms with Crippen molar-refractivity contribution >= 4 is 27.3 Å². The number of alkyl halides is 2. The Balaban J connectivity index is 2.92. The number of nitrogens with one attached hydrogen (secondary N) is 1. The molecule has 0 saturated carbocycles. The summed E-state index contributed by atoms with van der Waals surface area (Å²) in [4.78, 5) is 10.1. The molecule has 0 aliphatic rings. The lowest BCUT2D eigenvalue weighted by Gasteiger charge is -2.16. The molecule has 0 fully saturated rings. The molecule has 0 saturated heterocycles. The van der Waals surface area contributed by atoms with Gasteiger partial charge in [-0.3, -0.25) is 10.1 Å². The quantitative estimate of drug-likeness (QED) is 0.645. The predicted octanol–water partition coefficient (Wildman–Crippen LogP) is 2.71. The van der Waals surface area contributed by atoms with Gasteiger partial charge in [0.2, 0.25) is 0 Å². The second-order valence-corrected chi connectivity index (χ2v) is 4.60. The highest BCUT2D eigenvalue weighted by Gasteiger charge is 2.27. The van der Waals surface area contributed by atoms with E-state index in [1.165, 1.54) is 19.1 Å². The molecule has 0 aliphatic heterocycles. The molecule has 100 valence electrons. The fourth-order valence-electron chi connectivity index (χ4n) is 1.28. The normalized spacial score (nSPS) is 11.4. The fourth-order valence-corrected chi connectivity index (χ4v) is 1.76. The van der Waals surface area contributed by atoms with Crippen molar-refractivity contribution in [1.82, 2.24) is 0 Å². The van der Waals surface area contributed by atoms with Crippen molar-refractivity contribution in [2.45, 2.75) is 12.8 Å². The molecule has 0 aliphatic carbocycles. The second kappa shape index (κ2) is 5.57. The van der Waals surface area contributed by atoms with Crippen molar-refractivity contribution in [3.63, 3.8) is 0 Å². The monoisotopic (exact) mass is 324 g/mol. The van der Waals surface area contributed by atoms with Gasteiger partial charge >= 0.3 is 0 Å². The summed E-state index contributed by atoms with van der Waals surface area (Å²) in [6.45, 7) is -0.497. The summed E-state index contributed by atoms with van der Waals surface area (Å²) in [7, 11) is 0. The number of aliphatic hydroxyl groups excluding tert-OH is 1. The van der Waals surface area contributed by atoms with E-state index < -0.39 is 24.0 Å². The summed E-state index contributed by atoms with van der Waals surface area (Å²) in [6, 6.07) is 2.64. The average molecular weight is 325 g/mol. The number of nitro groups is 1. The number of rotatable bonds is 5. The van der Waals surface area contributed by atoms with E-state index in [0.29, 0.717) is 15.7 Å². The third kappa shape index (κ3) is 3.61. The van der Waals surface area contributed by atoms with Gasteiger partial charge in [-0.1, -0.05) is 0 Å². The minimum Gasteiger partial charge on any atom is -0.390 e. The third-order valence-corrected chi connectivity index (χ3v) is 2.91. The Kier molecular flexibility index (Phi) is 4.58. The molecular weight excluding hydrogens is 314 g/mol. The predicted molar refractivity (Wildman–Crippen MR) is 66.1 cm³/mol. The van der Waals surface area contributed by atoms with E-state index in [2.05, 4.69) is 21.2 Å². The van der Waals surface area contributed by atoms with Crippen molar-refractivity contribution in [2.24, 2.45) is 0 Å². The van der Waals surface area contributed by atoms with Gasteiger partial charge in [-0.25, -0.2) is 8.78 Å². The molecule has 0 heterocycles. The molecule has 18 heavy (non-hydrogen) atoms. The summed E-state index contributed by atoms with van der Waals surface area (Å²) in [6.07, 6.45) is 0. The molecule has 1 rings (SSSR count). The van der Waals surface area contributed by atoms with Crippen LogP contribution < -0.4 is 5.32 Å². The van der Waals surface area contributed by atoms with Gasteiger partial charge in [-0.2, -0.15) is 0 Å². The molecule has 0 aromatic heterocycles. The van der Waals surface area contributed by atoms with Crippen LogP contribution in [-0.4, -0.2) is 29.1 Å². The van der Waals surface area contributed by atoms with Crippen LogP contribution in [0.25, 0.3) is 0 Å². The first-order valence-corrected chi connectivity index (χ1v) is 5.73. The van der Waals surface area contributed by atoms with E-state index in [0.717, 1.165) is 0 Å². The van der Waals surface area contributed by atoms with Gasteiger partial charge < -0.3 is 10.4 Å². The molecule has 1 aromatic rings. The Morgan fingerprint density at radius 3 is 2.67 bits per heavy atom. The number of halogens is 3. The summed E-state index contributed by atoms with van der Waals surface area (Å²) in [5, 5.41) is 21.5.